The molecule has 3 heterocycles. The minimum absolute atomic E-state index is 0.0109. The standard InChI is InChI=1S/C19H22ClN3O4/c20-19-13(5-4-6-22-19)14(10-16(21)25)18-17(26)15(24)9-12(27-18)11-23-7-2-1-3-8-23/h4-6,9,14,26H,1-3,7-8,10-11H2,(H2,21,25)/t14-/m1/s1. The monoisotopic (exact) mass is 391 g/mol. The molecule has 0 spiro atoms. The van der Waals surface area contributed by atoms with Crippen molar-refractivity contribution in [2.75, 3.05) is 13.1 Å². The van der Waals surface area contributed by atoms with Crippen LogP contribution < -0.4 is 11.2 Å². The van der Waals surface area contributed by atoms with E-state index in [0.29, 0.717) is 17.9 Å². The molecule has 0 radical (unpaired) electrons. The first-order chi connectivity index (χ1) is 13.0. The smallest absolute Gasteiger partial charge is 0.227 e. The van der Waals surface area contributed by atoms with Gasteiger partial charge in [0, 0.05) is 24.2 Å². The number of piperidine rings is 1. The average Bonchev–Trinajstić information content (AvgIpc) is 2.64. The third kappa shape index (κ3) is 4.67. The van der Waals surface area contributed by atoms with Crippen LogP contribution in [-0.4, -0.2) is 34.0 Å². The van der Waals surface area contributed by atoms with E-state index in [4.69, 9.17) is 21.8 Å². The molecular weight excluding hydrogens is 370 g/mol. The molecule has 27 heavy (non-hydrogen) atoms. The SMILES string of the molecule is NC(=O)C[C@H](c1cccnc1Cl)c1oc(CN2CCCCC2)cc(=O)c1O. The highest BCUT2D eigenvalue weighted by atomic mass is 35.5. The summed E-state index contributed by atoms with van der Waals surface area (Å²) in [6.07, 6.45) is 4.74. The van der Waals surface area contributed by atoms with Crippen molar-refractivity contribution in [2.24, 2.45) is 5.73 Å². The van der Waals surface area contributed by atoms with Gasteiger partial charge in [0.25, 0.3) is 0 Å². The summed E-state index contributed by atoms with van der Waals surface area (Å²) in [4.78, 5) is 30.1. The van der Waals surface area contributed by atoms with E-state index in [1.54, 1.807) is 12.1 Å². The van der Waals surface area contributed by atoms with Gasteiger partial charge < -0.3 is 15.3 Å². The Morgan fingerprint density at radius 1 is 1.37 bits per heavy atom. The van der Waals surface area contributed by atoms with E-state index in [1.165, 1.54) is 18.7 Å². The summed E-state index contributed by atoms with van der Waals surface area (Å²) < 4.78 is 5.88. The zero-order valence-electron chi connectivity index (χ0n) is 14.9. The van der Waals surface area contributed by atoms with Gasteiger partial charge in [0.1, 0.15) is 10.9 Å². The van der Waals surface area contributed by atoms with Crippen molar-refractivity contribution in [3.05, 3.63) is 56.9 Å². The van der Waals surface area contributed by atoms with Crippen molar-refractivity contribution in [3.63, 3.8) is 0 Å². The third-order valence-corrected chi connectivity index (χ3v) is 5.03. The highest BCUT2D eigenvalue weighted by molar-refractivity contribution is 6.30. The first-order valence-corrected chi connectivity index (χ1v) is 9.30. The van der Waals surface area contributed by atoms with Gasteiger partial charge >= 0.3 is 0 Å². The molecule has 7 nitrogen and oxygen atoms in total. The molecule has 144 valence electrons. The molecule has 3 N–H and O–H groups in total. The van der Waals surface area contributed by atoms with Crippen molar-refractivity contribution in [1.29, 1.82) is 0 Å². The maximum absolute atomic E-state index is 12.3. The third-order valence-electron chi connectivity index (χ3n) is 4.71. The van der Waals surface area contributed by atoms with Crippen LogP contribution in [0.3, 0.4) is 0 Å². The Kier molecular flexibility index (Phi) is 6.13. The van der Waals surface area contributed by atoms with Crippen molar-refractivity contribution < 1.29 is 14.3 Å². The van der Waals surface area contributed by atoms with E-state index in [2.05, 4.69) is 9.88 Å². The molecule has 0 aliphatic carbocycles. The Morgan fingerprint density at radius 2 is 2.11 bits per heavy atom. The van der Waals surface area contributed by atoms with E-state index >= 15 is 0 Å². The summed E-state index contributed by atoms with van der Waals surface area (Å²) in [6, 6.07) is 4.61. The zero-order valence-corrected chi connectivity index (χ0v) is 15.6. The topological polar surface area (TPSA) is 110 Å². The van der Waals surface area contributed by atoms with Crippen molar-refractivity contribution in [3.8, 4) is 5.75 Å². The second kappa shape index (κ2) is 8.54. The number of carbonyl (C=O) groups excluding carboxylic acids is 1. The van der Waals surface area contributed by atoms with Crippen LogP contribution in [0, 0.1) is 0 Å². The highest BCUT2D eigenvalue weighted by Gasteiger charge is 2.27. The van der Waals surface area contributed by atoms with Gasteiger partial charge in [-0.1, -0.05) is 24.1 Å². The van der Waals surface area contributed by atoms with Gasteiger partial charge in [0.15, 0.2) is 5.76 Å². The lowest BCUT2D eigenvalue weighted by atomic mass is 9.93. The Labute approximate surface area is 161 Å². The number of aromatic nitrogens is 1. The van der Waals surface area contributed by atoms with Gasteiger partial charge in [0.2, 0.25) is 17.1 Å². The Hall–Kier alpha value is -2.38. The molecule has 1 fully saturated rings. The number of aromatic hydroxyl groups is 1. The molecule has 1 aliphatic rings. The summed E-state index contributed by atoms with van der Waals surface area (Å²) in [5.41, 5.74) is 5.29. The lowest BCUT2D eigenvalue weighted by Crippen LogP contribution is -2.29. The summed E-state index contributed by atoms with van der Waals surface area (Å²) in [5.74, 6) is -1.52. The van der Waals surface area contributed by atoms with Crippen LogP contribution in [0.5, 0.6) is 5.75 Å². The van der Waals surface area contributed by atoms with E-state index in [1.807, 2.05) is 0 Å². The number of likely N-dealkylation sites (tertiary alicyclic amines) is 1. The van der Waals surface area contributed by atoms with E-state index < -0.39 is 23.0 Å². The number of primary amides is 1. The van der Waals surface area contributed by atoms with E-state index in [-0.39, 0.29) is 17.3 Å². The lowest BCUT2D eigenvalue weighted by molar-refractivity contribution is -0.118. The molecule has 0 saturated carbocycles. The number of carbonyl (C=O) groups is 1. The molecule has 1 atom stereocenters. The van der Waals surface area contributed by atoms with E-state index in [0.717, 1.165) is 25.9 Å². The fraction of sp³-hybridized carbons (Fsp3) is 0.421. The zero-order chi connectivity index (χ0) is 19.4. The molecule has 2 aromatic rings. The highest BCUT2D eigenvalue weighted by Crippen LogP contribution is 2.35. The maximum atomic E-state index is 12.3. The molecular formula is C19H22ClN3O4. The van der Waals surface area contributed by atoms with Gasteiger partial charge in [-0.2, -0.15) is 0 Å². The lowest BCUT2D eigenvalue weighted by Gasteiger charge is -2.26. The Bertz CT molecular complexity index is 877. The van der Waals surface area contributed by atoms with Crippen LogP contribution in [0.1, 0.15) is 48.7 Å². The number of nitrogens with zero attached hydrogens (tertiary/aromatic N) is 2. The normalized spacial score (nSPS) is 16.2. The number of nitrogens with two attached hydrogens (primary N) is 1. The average molecular weight is 392 g/mol. The van der Waals surface area contributed by atoms with Crippen molar-refractivity contribution in [2.45, 2.75) is 38.1 Å². The van der Waals surface area contributed by atoms with Gasteiger partial charge in [-0.15, -0.1) is 0 Å². The van der Waals surface area contributed by atoms with Crippen molar-refractivity contribution in [1.82, 2.24) is 9.88 Å². The molecule has 2 aromatic heterocycles. The van der Waals surface area contributed by atoms with Crippen LogP contribution in [0.25, 0.3) is 0 Å². The minimum Gasteiger partial charge on any atom is -0.502 e. The first kappa shape index (κ1) is 19.4. The molecule has 8 heteroatoms. The summed E-state index contributed by atoms with van der Waals surface area (Å²) >= 11 is 6.17. The fourth-order valence-electron chi connectivity index (χ4n) is 3.41. The number of hydrogen-bond donors (Lipinski definition) is 2. The predicted molar refractivity (Wildman–Crippen MR) is 101 cm³/mol. The number of pyridine rings is 1. The Balaban J connectivity index is 2.01. The second-order valence-corrected chi connectivity index (χ2v) is 7.09. The van der Waals surface area contributed by atoms with Crippen molar-refractivity contribution >= 4 is 17.5 Å². The summed E-state index contributed by atoms with van der Waals surface area (Å²) in [5, 5.41) is 10.5. The fourth-order valence-corrected chi connectivity index (χ4v) is 3.66. The molecule has 0 aromatic carbocycles. The van der Waals surface area contributed by atoms with Gasteiger partial charge in [-0.05, 0) is 32.0 Å². The number of rotatable bonds is 6. The molecule has 1 saturated heterocycles. The van der Waals surface area contributed by atoms with Crippen LogP contribution in [0.2, 0.25) is 5.15 Å². The van der Waals surface area contributed by atoms with Crippen LogP contribution >= 0.6 is 11.6 Å². The Morgan fingerprint density at radius 3 is 2.78 bits per heavy atom. The number of halogens is 1. The quantitative estimate of drug-likeness (QED) is 0.731. The number of hydrogen-bond acceptors (Lipinski definition) is 6. The number of amides is 1. The second-order valence-electron chi connectivity index (χ2n) is 6.73. The van der Waals surface area contributed by atoms with Crippen LogP contribution in [0.15, 0.2) is 33.6 Å². The minimum atomic E-state index is -0.794. The van der Waals surface area contributed by atoms with Crippen LogP contribution in [-0.2, 0) is 11.3 Å². The summed E-state index contributed by atoms with van der Waals surface area (Å²) in [6.45, 7) is 2.32. The summed E-state index contributed by atoms with van der Waals surface area (Å²) in [7, 11) is 0. The molecule has 0 unspecified atom stereocenters. The maximum Gasteiger partial charge on any atom is 0.227 e. The van der Waals surface area contributed by atoms with Gasteiger partial charge in [-0.3, -0.25) is 14.5 Å². The van der Waals surface area contributed by atoms with Gasteiger partial charge in [-0.25, -0.2) is 4.98 Å². The predicted octanol–water partition coefficient (Wildman–Crippen LogP) is 2.39. The molecule has 1 aliphatic heterocycles. The van der Waals surface area contributed by atoms with Crippen LogP contribution in [0.4, 0.5) is 0 Å². The largest absolute Gasteiger partial charge is 0.502 e. The molecule has 0 bridgehead atoms. The van der Waals surface area contributed by atoms with E-state index in [9.17, 15) is 14.7 Å². The molecule has 3 rings (SSSR count). The molecule has 1 amide bonds. The van der Waals surface area contributed by atoms with Gasteiger partial charge in [0.05, 0.1) is 12.5 Å². The first-order valence-electron chi connectivity index (χ1n) is 8.92.